The highest BCUT2D eigenvalue weighted by atomic mass is 35.5. The van der Waals surface area contributed by atoms with Crippen LogP contribution in [0.4, 0.5) is 10.1 Å². The lowest BCUT2D eigenvalue weighted by atomic mass is 10.0. The van der Waals surface area contributed by atoms with Crippen LogP contribution >= 0.6 is 11.6 Å². The summed E-state index contributed by atoms with van der Waals surface area (Å²) < 4.78 is 40.5. The van der Waals surface area contributed by atoms with Gasteiger partial charge in [0.05, 0.1) is 9.92 Å². The van der Waals surface area contributed by atoms with E-state index in [1.54, 1.807) is 24.3 Å². The van der Waals surface area contributed by atoms with Gasteiger partial charge in [-0.3, -0.25) is 0 Å². The minimum atomic E-state index is -3.50. The molecular formula is C19H22ClFN2O2S. The predicted octanol–water partition coefficient (Wildman–Crippen LogP) is 4.11. The Hall–Kier alpha value is -1.63. The van der Waals surface area contributed by atoms with Crippen molar-refractivity contribution in [3.8, 4) is 0 Å². The predicted molar refractivity (Wildman–Crippen MR) is 103 cm³/mol. The molecule has 3 rings (SSSR count). The SMILES string of the molecule is CC(C)c1ccc(S(=O)(=O)N2CCN(c3ccc(F)c(Cl)c3)CC2)cc1. The van der Waals surface area contributed by atoms with Crippen LogP contribution in [0.1, 0.15) is 25.3 Å². The molecule has 0 saturated carbocycles. The molecule has 26 heavy (non-hydrogen) atoms. The van der Waals surface area contributed by atoms with Crippen LogP contribution in [0.25, 0.3) is 0 Å². The maximum absolute atomic E-state index is 13.3. The van der Waals surface area contributed by atoms with E-state index < -0.39 is 15.8 Å². The van der Waals surface area contributed by atoms with Crippen molar-refractivity contribution in [3.05, 3.63) is 58.9 Å². The molecule has 0 N–H and O–H groups in total. The zero-order valence-electron chi connectivity index (χ0n) is 14.8. The molecule has 1 aliphatic rings. The molecule has 7 heteroatoms. The first-order chi connectivity index (χ1) is 12.3. The van der Waals surface area contributed by atoms with Crippen LogP contribution in [-0.2, 0) is 10.0 Å². The summed E-state index contributed by atoms with van der Waals surface area (Å²) in [7, 11) is -3.50. The Kier molecular flexibility index (Phi) is 5.55. The highest BCUT2D eigenvalue weighted by Crippen LogP contribution is 2.26. The lowest BCUT2D eigenvalue weighted by Gasteiger charge is -2.35. The number of hydrogen-bond donors (Lipinski definition) is 0. The monoisotopic (exact) mass is 396 g/mol. The fourth-order valence-electron chi connectivity index (χ4n) is 3.04. The van der Waals surface area contributed by atoms with E-state index in [0.29, 0.717) is 37.0 Å². The van der Waals surface area contributed by atoms with Crippen LogP contribution in [0.2, 0.25) is 5.02 Å². The average Bonchev–Trinajstić information content (AvgIpc) is 2.64. The molecule has 0 aliphatic carbocycles. The van der Waals surface area contributed by atoms with E-state index in [1.165, 1.54) is 10.4 Å². The molecule has 1 fully saturated rings. The van der Waals surface area contributed by atoms with Gasteiger partial charge in [-0.05, 0) is 41.8 Å². The first kappa shape index (κ1) is 19.1. The second-order valence-corrected chi connectivity index (χ2v) is 9.06. The third-order valence-electron chi connectivity index (χ3n) is 4.69. The van der Waals surface area contributed by atoms with Gasteiger partial charge in [0.2, 0.25) is 10.0 Å². The lowest BCUT2D eigenvalue weighted by molar-refractivity contribution is 0.385. The molecule has 0 atom stereocenters. The molecule has 0 amide bonds. The zero-order valence-corrected chi connectivity index (χ0v) is 16.4. The molecular weight excluding hydrogens is 375 g/mol. The minimum absolute atomic E-state index is 0.0720. The number of benzene rings is 2. The zero-order chi connectivity index (χ0) is 18.9. The summed E-state index contributed by atoms with van der Waals surface area (Å²) in [5, 5.41) is 0.0720. The fraction of sp³-hybridized carbons (Fsp3) is 0.368. The maximum atomic E-state index is 13.3. The van der Waals surface area contributed by atoms with E-state index in [1.807, 2.05) is 17.0 Å². The number of piperazine rings is 1. The molecule has 0 bridgehead atoms. The molecule has 140 valence electrons. The quantitative estimate of drug-likeness (QED) is 0.780. The maximum Gasteiger partial charge on any atom is 0.243 e. The van der Waals surface area contributed by atoms with E-state index in [-0.39, 0.29) is 5.02 Å². The summed E-state index contributed by atoms with van der Waals surface area (Å²) in [6.45, 7) is 5.97. The first-order valence-corrected chi connectivity index (χ1v) is 10.4. The van der Waals surface area contributed by atoms with Gasteiger partial charge < -0.3 is 4.90 Å². The van der Waals surface area contributed by atoms with Gasteiger partial charge in [0.1, 0.15) is 5.82 Å². The van der Waals surface area contributed by atoms with Crippen LogP contribution in [0.3, 0.4) is 0 Å². The number of halogens is 2. The van der Waals surface area contributed by atoms with Crippen molar-refractivity contribution in [1.82, 2.24) is 4.31 Å². The topological polar surface area (TPSA) is 40.6 Å². The van der Waals surface area contributed by atoms with Crippen molar-refractivity contribution in [2.24, 2.45) is 0 Å². The summed E-state index contributed by atoms with van der Waals surface area (Å²) in [5.41, 5.74) is 1.91. The van der Waals surface area contributed by atoms with Crippen molar-refractivity contribution in [1.29, 1.82) is 0 Å². The standard InChI is InChI=1S/C19H22ClFN2O2S/c1-14(2)15-3-6-17(7-4-15)26(24,25)23-11-9-22(10-12-23)16-5-8-19(21)18(20)13-16/h3-8,13-14H,9-12H2,1-2H3. The lowest BCUT2D eigenvalue weighted by Crippen LogP contribution is -2.48. The highest BCUT2D eigenvalue weighted by molar-refractivity contribution is 7.89. The molecule has 0 radical (unpaired) electrons. The molecule has 1 heterocycles. The molecule has 0 unspecified atom stereocenters. The van der Waals surface area contributed by atoms with Crippen molar-refractivity contribution < 1.29 is 12.8 Å². The number of rotatable bonds is 4. The normalized spacial score (nSPS) is 16.3. The van der Waals surface area contributed by atoms with Gasteiger partial charge in [-0.15, -0.1) is 0 Å². The van der Waals surface area contributed by atoms with Crippen LogP contribution in [0.15, 0.2) is 47.4 Å². The number of sulfonamides is 1. The van der Waals surface area contributed by atoms with E-state index in [2.05, 4.69) is 13.8 Å². The number of hydrogen-bond acceptors (Lipinski definition) is 3. The van der Waals surface area contributed by atoms with Gasteiger partial charge in [-0.25, -0.2) is 12.8 Å². The highest BCUT2D eigenvalue weighted by Gasteiger charge is 2.28. The van der Waals surface area contributed by atoms with Crippen molar-refractivity contribution in [2.75, 3.05) is 31.1 Å². The van der Waals surface area contributed by atoms with Crippen LogP contribution in [-0.4, -0.2) is 38.9 Å². The Morgan fingerprint density at radius 1 is 1.00 bits per heavy atom. The summed E-state index contributed by atoms with van der Waals surface area (Å²) in [6.07, 6.45) is 0. The van der Waals surface area contributed by atoms with E-state index in [4.69, 9.17) is 11.6 Å². The minimum Gasteiger partial charge on any atom is -0.369 e. The first-order valence-electron chi connectivity index (χ1n) is 8.59. The van der Waals surface area contributed by atoms with Gasteiger partial charge in [0, 0.05) is 31.9 Å². The Balaban J connectivity index is 1.71. The Labute approximate surface area is 159 Å². The largest absolute Gasteiger partial charge is 0.369 e. The third-order valence-corrected chi connectivity index (χ3v) is 6.89. The van der Waals surface area contributed by atoms with Crippen molar-refractivity contribution >= 4 is 27.3 Å². The Morgan fingerprint density at radius 3 is 2.15 bits per heavy atom. The van der Waals surface area contributed by atoms with E-state index >= 15 is 0 Å². The van der Waals surface area contributed by atoms with Crippen molar-refractivity contribution in [3.63, 3.8) is 0 Å². The Bertz CT molecular complexity index is 877. The Morgan fingerprint density at radius 2 is 1.62 bits per heavy atom. The van der Waals surface area contributed by atoms with Gasteiger partial charge in [-0.2, -0.15) is 4.31 Å². The van der Waals surface area contributed by atoms with E-state index in [9.17, 15) is 12.8 Å². The molecule has 2 aromatic carbocycles. The number of nitrogens with zero attached hydrogens (tertiary/aromatic N) is 2. The van der Waals surface area contributed by atoms with Crippen LogP contribution in [0.5, 0.6) is 0 Å². The second kappa shape index (κ2) is 7.55. The van der Waals surface area contributed by atoms with Crippen LogP contribution in [0, 0.1) is 5.82 Å². The van der Waals surface area contributed by atoms with Gasteiger partial charge in [0.25, 0.3) is 0 Å². The van der Waals surface area contributed by atoms with Crippen molar-refractivity contribution in [2.45, 2.75) is 24.7 Å². The summed E-state index contributed by atoms with van der Waals surface area (Å²) in [6, 6.07) is 11.7. The van der Waals surface area contributed by atoms with Gasteiger partial charge in [-0.1, -0.05) is 37.6 Å². The average molecular weight is 397 g/mol. The fourth-order valence-corrected chi connectivity index (χ4v) is 4.64. The molecule has 2 aromatic rings. The third kappa shape index (κ3) is 3.87. The van der Waals surface area contributed by atoms with Gasteiger partial charge in [0.15, 0.2) is 0 Å². The number of anilines is 1. The molecule has 1 aliphatic heterocycles. The molecule has 1 saturated heterocycles. The summed E-state index contributed by atoms with van der Waals surface area (Å²) >= 11 is 5.84. The van der Waals surface area contributed by atoms with E-state index in [0.717, 1.165) is 11.3 Å². The molecule has 0 aromatic heterocycles. The van der Waals surface area contributed by atoms with Gasteiger partial charge >= 0.3 is 0 Å². The van der Waals surface area contributed by atoms with Crippen LogP contribution < -0.4 is 4.90 Å². The molecule has 4 nitrogen and oxygen atoms in total. The second-order valence-electron chi connectivity index (χ2n) is 6.71. The summed E-state index contributed by atoms with van der Waals surface area (Å²) in [4.78, 5) is 2.33. The summed E-state index contributed by atoms with van der Waals surface area (Å²) in [5.74, 6) is -0.0979. The smallest absolute Gasteiger partial charge is 0.243 e. The molecule has 0 spiro atoms.